The van der Waals surface area contributed by atoms with E-state index in [1.54, 1.807) is 19.9 Å². The van der Waals surface area contributed by atoms with E-state index in [0.717, 1.165) is 16.5 Å². The van der Waals surface area contributed by atoms with E-state index in [2.05, 4.69) is 0 Å². The van der Waals surface area contributed by atoms with Crippen LogP contribution in [0.15, 0.2) is 18.3 Å². The summed E-state index contributed by atoms with van der Waals surface area (Å²) in [7, 11) is 0. The summed E-state index contributed by atoms with van der Waals surface area (Å²) in [5, 5.41) is 20.1. The van der Waals surface area contributed by atoms with Gasteiger partial charge in [-0.05, 0) is 33.3 Å². The van der Waals surface area contributed by atoms with Gasteiger partial charge >= 0.3 is 5.97 Å². The van der Waals surface area contributed by atoms with E-state index >= 15 is 0 Å². The third-order valence-electron chi connectivity index (χ3n) is 3.45. The number of aryl methyl sites for hydroxylation is 1. The van der Waals surface area contributed by atoms with Gasteiger partial charge in [-0.25, -0.2) is 4.79 Å². The molecule has 4 nitrogen and oxygen atoms in total. The number of rotatable bonds is 3. The van der Waals surface area contributed by atoms with Crippen LogP contribution in [0.2, 0.25) is 0 Å². The molecule has 2 aromatic rings. The molecule has 2 N–H and O–H groups in total. The van der Waals surface area contributed by atoms with Crippen molar-refractivity contribution in [3.8, 4) is 0 Å². The average molecular weight is 261 g/mol. The standard InChI is InChI=1S/C15H19NO3/c1-8(2)16-7-12(10(4)17)11-6-5-9(3)13(14(11)16)15(18)19/h5-8,10,17H,1-4H3,(H,18,19). The maximum atomic E-state index is 11.5. The van der Waals surface area contributed by atoms with Crippen LogP contribution >= 0.6 is 0 Å². The molecule has 19 heavy (non-hydrogen) atoms. The molecule has 0 radical (unpaired) electrons. The lowest BCUT2D eigenvalue weighted by molar-refractivity contribution is 0.0698. The smallest absolute Gasteiger partial charge is 0.338 e. The lowest BCUT2D eigenvalue weighted by Gasteiger charge is -2.12. The highest BCUT2D eigenvalue weighted by Crippen LogP contribution is 2.32. The molecule has 0 aliphatic heterocycles. The molecule has 1 atom stereocenters. The fourth-order valence-corrected chi connectivity index (χ4v) is 2.49. The monoisotopic (exact) mass is 261 g/mol. The summed E-state index contributed by atoms with van der Waals surface area (Å²) in [6.07, 6.45) is 1.23. The van der Waals surface area contributed by atoms with Crippen molar-refractivity contribution in [3.63, 3.8) is 0 Å². The number of hydrogen-bond donors (Lipinski definition) is 2. The van der Waals surface area contributed by atoms with Gasteiger partial charge in [0.15, 0.2) is 0 Å². The van der Waals surface area contributed by atoms with Crippen molar-refractivity contribution in [3.05, 3.63) is 35.0 Å². The second kappa shape index (κ2) is 4.70. The van der Waals surface area contributed by atoms with E-state index in [1.807, 2.05) is 30.7 Å². The fraction of sp³-hybridized carbons (Fsp3) is 0.400. The van der Waals surface area contributed by atoms with Gasteiger partial charge in [0.1, 0.15) is 0 Å². The molecule has 0 saturated carbocycles. The first-order valence-electron chi connectivity index (χ1n) is 6.40. The van der Waals surface area contributed by atoms with E-state index in [1.165, 1.54) is 0 Å². The van der Waals surface area contributed by atoms with Crippen molar-refractivity contribution >= 4 is 16.9 Å². The fourth-order valence-electron chi connectivity index (χ4n) is 2.49. The van der Waals surface area contributed by atoms with Crippen LogP contribution in [-0.2, 0) is 0 Å². The molecule has 0 aliphatic rings. The Morgan fingerprint density at radius 1 is 1.26 bits per heavy atom. The minimum atomic E-state index is -0.930. The molecule has 0 bridgehead atoms. The van der Waals surface area contributed by atoms with E-state index in [0.29, 0.717) is 11.1 Å². The number of carbonyl (C=O) groups is 1. The van der Waals surface area contributed by atoms with Gasteiger partial charge in [-0.3, -0.25) is 0 Å². The predicted molar refractivity (Wildman–Crippen MR) is 74.7 cm³/mol. The summed E-state index contributed by atoms with van der Waals surface area (Å²) in [5.41, 5.74) is 2.51. The van der Waals surface area contributed by atoms with Gasteiger partial charge < -0.3 is 14.8 Å². The molecule has 0 spiro atoms. The van der Waals surface area contributed by atoms with Crippen molar-refractivity contribution in [2.24, 2.45) is 0 Å². The quantitative estimate of drug-likeness (QED) is 0.891. The van der Waals surface area contributed by atoms with Crippen molar-refractivity contribution in [2.75, 3.05) is 0 Å². The van der Waals surface area contributed by atoms with Gasteiger partial charge in [0, 0.05) is 23.2 Å². The Bertz CT molecular complexity index is 638. The molecule has 1 aromatic carbocycles. The van der Waals surface area contributed by atoms with Crippen LogP contribution in [0.25, 0.3) is 10.9 Å². The topological polar surface area (TPSA) is 62.5 Å². The third kappa shape index (κ3) is 2.12. The second-order valence-corrected chi connectivity index (χ2v) is 5.22. The molecule has 102 valence electrons. The summed E-state index contributed by atoms with van der Waals surface area (Å²) < 4.78 is 1.92. The minimum Gasteiger partial charge on any atom is -0.478 e. The van der Waals surface area contributed by atoms with Gasteiger partial charge in [-0.2, -0.15) is 0 Å². The maximum Gasteiger partial charge on any atom is 0.338 e. The number of carboxylic acids is 1. The first kappa shape index (κ1) is 13.6. The van der Waals surface area contributed by atoms with Crippen LogP contribution in [0.4, 0.5) is 0 Å². The van der Waals surface area contributed by atoms with Crippen molar-refractivity contribution in [1.82, 2.24) is 4.57 Å². The van der Waals surface area contributed by atoms with Gasteiger partial charge in [0.05, 0.1) is 17.2 Å². The predicted octanol–water partition coefficient (Wildman–Crippen LogP) is 3.28. The lowest BCUT2D eigenvalue weighted by atomic mass is 10.0. The number of fused-ring (bicyclic) bond motifs is 1. The van der Waals surface area contributed by atoms with E-state index in [-0.39, 0.29) is 6.04 Å². The Hall–Kier alpha value is -1.81. The molecular formula is C15H19NO3. The number of nitrogens with zero attached hydrogens (tertiary/aromatic N) is 1. The molecule has 0 saturated heterocycles. The van der Waals surface area contributed by atoms with Crippen LogP contribution in [0.3, 0.4) is 0 Å². The highest BCUT2D eigenvalue weighted by molar-refractivity contribution is 6.05. The number of benzene rings is 1. The van der Waals surface area contributed by atoms with Gasteiger partial charge in [-0.15, -0.1) is 0 Å². The summed E-state index contributed by atoms with van der Waals surface area (Å²) in [4.78, 5) is 11.5. The van der Waals surface area contributed by atoms with Crippen LogP contribution in [-0.4, -0.2) is 20.7 Å². The number of aliphatic hydroxyl groups excluding tert-OH is 1. The van der Waals surface area contributed by atoms with E-state index in [4.69, 9.17) is 0 Å². The van der Waals surface area contributed by atoms with Crippen LogP contribution in [0.1, 0.15) is 54.4 Å². The third-order valence-corrected chi connectivity index (χ3v) is 3.45. The Morgan fingerprint density at radius 2 is 1.89 bits per heavy atom. The normalized spacial score (nSPS) is 13.2. The van der Waals surface area contributed by atoms with Crippen molar-refractivity contribution < 1.29 is 15.0 Å². The largest absolute Gasteiger partial charge is 0.478 e. The molecule has 0 amide bonds. The lowest BCUT2D eigenvalue weighted by Crippen LogP contribution is -2.06. The molecular weight excluding hydrogens is 242 g/mol. The summed E-state index contributed by atoms with van der Waals surface area (Å²) in [6.45, 7) is 7.49. The molecule has 0 fully saturated rings. The first-order valence-corrected chi connectivity index (χ1v) is 6.40. The molecule has 2 rings (SSSR count). The molecule has 1 heterocycles. The molecule has 1 aromatic heterocycles. The highest BCUT2D eigenvalue weighted by Gasteiger charge is 2.21. The van der Waals surface area contributed by atoms with Gasteiger partial charge in [-0.1, -0.05) is 12.1 Å². The van der Waals surface area contributed by atoms with Crippen molar-refractivity contribution in [1.29, 1.82) is 0 Å². The summed E-state index contributed by atoms with van der Waals surface area (Å²) in [6, 6.07) is 3.82. The zero-order chi connectivity index (χ0) is 14.3. The van der Waals surface area contributed by atoms with Crippen molar-refractivity contribution in [2.45, 2.75) is 39.8 Å². The van der Waals surface area contributed by atoms with Crippen LogP contribution in [0.5, 0.6) is 0 Å². The van der Waals surface area contributed by atoms with E-state index in [9.17, 15) is 15.0 Å². The number of aromatic carboxylic acids is 1. The summed E-state index contributed by atoms with van der Waals surface area (Å²) in [5.74, 6) is -0.930. The molecule has 1 unspecified atom stereocenters. The SMILES string of the molecule is Cc1ccc2c(C(C)O)cn(C(C)C)c2c1C(=O)O. The number of aliphatic hydroxyl groups is 1. The maximum absolute atomic E-state index is 11.5. The Kier molecular flexibility index (Phi) is 3.37. The Balaban J connectivity index is 2.94. The van der Waals surface area contributed by atoms with Gasteiger partial charge in [0.25, 0.3) is 0 Å². The van der Waals surface area contributed by atoms with Crippen LogP contribution in [0, 0.1) is 6.92 Å². The number of carboxylic acid groups (broad SMARTS) is 1. The average Bonchev–Trinajstić information content (AvgIpc) is 2.67. The zero-order valence-corrected chi connectivity index (χ0v) is 11.6. The molecule has 4 heteroatoms. The Morgan fingerprint density at radius 3 is 2.37 bits per heavy atom. The molecule has 0 aliphatic carbocycles. The minimum absolute atomic E-state index is 0.134. The number of aromatic nitrogens is 1. The summed E-state index contributed by atoms with van der Waals surface area (Å²) >= 11 is 0. The van der Waals surface area contributed by atoms with E-state index < -0.39 is 12.1 Å². The van der Waals surface area contributed by atoms with Crippen LogP contribution < -0.4 is 0 Å². The second-order valence-electron chi connectivity index (χ2n) is 5.22. The zero-order valence-electron chi connectivity index (χ0n) is 11.6. The first-order chi connectivity index (χ1) is 8.84. The Labute approximate surface area is 112 Å². The van der Waals surface area contributed by atoms with Gasteiger partial charge in [0.2, 0.25) is 0 Å². The highest BCUT2D eigenvalue weighted by atomic mass is 16.4. The number of hydrogen-bond acceptors (Lipinski definition) is 2.